The molecule has 9 heteroatoms. The first-order chi connectivity index (χ1) is 6.91. The molecule has 0 unspecified atom stereocenters. The topological polar surface area (TPSA) is 46.2 Å². The Balaban J connectivity index is 3.07. The molecule has 0 bridgehead atoms. The SMILES string of the molecule is CCCCOOB=BOOP=POC. The molecule has 0 atom stereocenters. The Bertz CT molecular complexity index is 168. The van der Waals surface area contributed by atoms with E-state index in [-0.39, 0.29) is 0 Å². The fourth-order valence-electron chi connectivity index (χ4n) is 0.427. The van der Waals surface area contributed by atoms with Crippen LogP contribution in [0.4, 0.5) is 0 Å². The minimum atomic E-state index is 0.565. The molecule has 0 aliphatic heterocycles. The van der Waals surface area contributed by atoms with Gasteiger partial charge in [0, 0.05) is 0 Å². The van der Waals surface area contributed by atoms with Gasteiger partial charge >= 0.3 is 87.4 Å². The van der Waals surface area contributed by atoms with Crippen LogP contribution >= 0.6 is 16.2 Å². The summed E-state index contributed by atoms with van der Waals surface area (Å²) in [4.78, 5) is 13.9. The van der Waals surface area contributed by atoms with Crippen LogP contribution in [0.3, 0.4) is 0 Å². The average molecular weight is 236 g/mol. The molecule has 14 heavy (non-hydrogen) atoms. The van der Waals surface area contributed by atoms with Crippen LogP contribution in [0.15, 0.2) is 0 Å². The molecule has 0 spiro atoms. The molecule has 0 radical (unpaired) electrons. The van der Waals surface area contributed by atoms with Crippen molar-refractivity contribution in [1.82, 2.24) is 0 Å². The zero-order valence-electron chi connectivity index (χ0n) is 8.21. The predicted octanol–water partition coefficient (Wildman–Crippen LogP) is 2.12. The summed E-state index contributed by atoms with van der Waals surface area (Å²) in [6.45, 7) is 2.65. The molecule has 78 valence electrons. The molecular weight excluding hydrogens is 224 g/mol. The fourth-order valence-corrected chi connectivity index (χ4v) is 1.01. The molecule has 0 aromatic heterocycles. The van der Waals surface area contributed by atoms with Gasteiger partial charge in [0.2, 0.25) is 0 Å². The second-order valence-electron chi connectivity index (χ2n) is 2.06. The third-order valence-corrected chi connectivity index (χ3v) is 2.28. The number of hydrogen-bond acceptors (Lipinski definition) is 5. The van der Waals surface area contributed by atoms with Gasteiger partial charge in [-0.05, 0) is 0 Å². The second kappa shape index (κ2) is 13.2. The van der Waals surface area contributed by atoms with Gasteiger partial charge < -0.3 is 0 Å². The third-order valence-electron chi connectivity index (χ3n) is 1.01. The van der Waals surface area contributed by atoms with Crippen LogP contribution in [0, 0.1) is 0 Å². The van der Waals surface area contributed by atoms with Gasteiger partial charge in [0.25, 0.3) is 0 Å². The van der Waals surface area contributed by atoms with Crippen LogP contribution in [0.5, 0.6) is 0 Å². The van der Waals surface area contributed by atoms with E-state index in [0.717, 1.165) is 12.8 Å². The van der Waals surface area contributed by atoms with Gasteiger partial charge in [-0.15, -0.1) is 0 Å². The molecule has 0 rings (SSSR count). The summed E-state index contributed by atoms with van der Waals surface area (Å²) in [6.07, 6.45) is 2.04. The molecule has 0 aliphatic rings. The van der Waals surface area contributed by atoms with Crippen molar-refractivity contribution in [3.05, 3.63) is 0 Å². The van der Waals surface area contributed by atoms with Crippen molar-refractivity contribution >= 4 is 30.2 Å². The van der Waals surface area contributed by atoms with Crippen molar-refractivity contribution in [2.45, 2.75) is 19.8 Å². The van der Waals surface area contributed by atoms with Crippen molar-refractivity contribution in [3.63, 3.8) is 0 Å². The first kappa shape index (κ1) is 14.2. The summed E-state index contributed by atoms with van der Waals surface area (Å²) in [7, 11) is 5.31. The normalized spacial score (nSPS) is 10.1. The molecular formula is C5H12B2O5P2. The Morgan fingerprint density at radius 3 is 2.64 bits per heavy atom. The summed E-state index contributed by atoms with van der Waals surface area (Å²) in [5, 5.41) is 0. The summed E-state index contributed by atoms with van der Waals surface area (Å²) in [5.74, 6) is 0. The summed E-state index contributed by atoms with van der Waals surface area (Å²) < 4.78 is 9.30. The fraction of sp³-hybridized carbons (Fsp3) is 1.00. The molecule has 0 aromatic rings. The predicted molar refractivity (Wildman–Crippen MR) is 56.5 cm³/mol. The molecule has 0 aliphatic carbocycles. The van der Waals surface area contributed by atoms with Gasteiger partial charge in [-0.3, -0.25) is 0 Å². The number of hydrogen-bond donors (Lipinski definition) is 0. The Hall–Kier alpha value is 0.210. The first-order valence-electron chi connectivity index (χ1n) is 4.11. The van der Waals surface area contributed by atoms with Gasteiger partial charge in [0.1, 0.15) is 0 Å². The van der Waals surface area contributed by atoms with Crippen LogP contribution in [0.25, 0.3) is 0 Å². The maximum atomic E-state index is 4.75. The standard InChI is InChI=1S/C5H12B2O5P2/c1-3-4-5-9-10-6-7-11-12-14-13-8-2/h3-5H2,1-2H3. The van der Waals surface area contributed by atoms with E-state index in [1.54, 1.807) is 7.11 Å². The van der Waals surface area contributed by atoms with Gasteiger partial charge in [-0.1, -0.05) is 0 Å². The molecule has 0 N–H and O–H groups in total. The molecule has 0 aromatic carbocycles. The summed E-state index contributed by atoms with van der Waals surface area (Å²) >= 11 is 0. The summed E-state index contributed by atoms with van der Waals surface area (Å²) in [5.41, 5.74) is 0. The monoisotopic (exact) mass is 236 g/mol. The number of unbranched alkanes of at least 4 members (excludes halogenated alkanes) is 1. The zero-order valence-corrected chi connectivity index (χ0v) is 10.0. The van der Waals surface area contributed by atoms with E-state index in [4.69, 9.17) is 4.89 Å². The van der Waals surface area contributed by atoms with E-state index in [0.29, 0.717) is 22.8 Å². The van der Waals surface area contributed by atoms with Crippen molar-refractivity contribution in [2.75, 3.05) is 13.7 Å². The summed E-state index contributed by atoms with van der Waals surface area (Å²) in [6, 6.07) is 0. The Kier molecular flexibility index (Phi) is 13.4. The Labute approximate surface area is 88.0 Å². The Morgan fingerprint density at radius 2 is 1.93 bits per heavy atom. The van der Waals surface area contributed by atoms with Gasteiger partial charge in [0.05, 0.1) is 0 Å². The zero-order chi connectivity index (χ0) is 10.5. The van der Waals surface area contributed by atoms with Crippen LogP contribution < -0.4 is 0 Å². The van der Waals surface area contributed by atoms with Crippen molar-refractivity contribution in [3.8, 4) is 0 Å². The van der Waals surface area contributed by atoms with E-state index < -0.39 is 0 Å². The van der Waals surface area contributed by atoms with Crippen LogP contribution in [0.1, 0.15) is 19.8 Å². The van der Waals surface area contributed by atoms with Gasteiger partial charge in [-0.25, -0.2) is 0 Å². The second-order valence-corrected chi connectivity index (χ2v) is 3.88. The first-order valence-corrected chi connectivity index (χ1v) is 6.44. The Morgan fingerprint density at radius 1 is 1.14 bits per heavy atom. The van der Waals surface area contributed by atoms with Crippen molar-refractivity contribution in [2.24, 2.45) is 0 Å². The molecule has 0 saturated heterocycles. The molecule has 5 nitrogen and oxygen atoms in total. The molecule has 0 saturated carbocycles. The van der Waals surface area contributed by atoms with E-state index in [1.807, 2.05) is 0 Å². The van der Waals surface area contributed by atoms with Crippen molar-refractivity contribution < 1.29 is 23.7 Å². The number of rotatable bonds is 9. The van der Waals surface area contributed by atoms with Gasteiger partial charge in [0.15, 0.2) is 0 Å². The molecule has 0 heterocycles. The van der Waals surface area contributed by atoms with E-state index in [2.05, 4.69) is 25.7 Å². The maximum absolute atomic E-state index is 4.75. The minimum absolute atomic E-state index is 0.565. The van der Waals surface area contributed by atoms with Crippen LogP contribution in [-0.4, -0.2) is 27.7 Å². The van der Waals surface area contributed by atoms with E-state index in [9.17, 15) is 0 Å². The average Bonchev–Trinajstić information content (AvgIpc) is 2.21. The van der Waals surface area contributed by atoms with E-state index >= 15 is 0 Å². The van der Waals surface area contributed by atoms with E-state index in [1.165, 1.54) is 14.0 Å². The quantitative estimate of drug-likeness (QED) is 0.201. The van der Waals surface area contributed by atoms with Gasteiger partial charge in [-0.2, -0.15) is 0 Å². The van der Waals surface area contributed by atoms with Crippen LogP contribution in [0.2, 0.25) is 0 Å². The van der Waals surface area contributed by atoms with Crippen LogP contribution in [-0.2, 0) is 23.7 Å². The molecule has 0 fully saturated rings. The third kappa shape index (κ3) is 12.2. The molecule has 0 amide bonds. The van der Waals surface area contributed by atoms with Crippen molar-refractivity contribution in [1.29, 1.82) is 0 Å².